The van der Waals surface area contributed by atoms with Crippen LogP contribution < -0.4 is 0 Å². The van der Waals surface area contributed by atoms with Crippen LogP contribution in [0, 0.1) is 10.1 Å². The smallest absolute Gasteiger partial charge is 0.270 e. The fourth-order valence-corrected chi connectivity index (χ4v) is 2.26. The number of rotatable bonds is 6. The number of benzene rings is 2. The first-order chi connectivity index (χ1) is 10.1. The molecule has 0 atom stereocenters. The Kier molecular flexibility index (Phi) is 5.06. The maximum atomic E-state index is 10.8. The molecule has 0 aliphatic rings. The molecule has 0 aliphatic heterocycles. The van der Waals surface area contributed by atoms with Crippen molar-refractivity contribution in [3.05, 3.63) is 64.2 Å². The minimum absolute atomic E-state index is 0.127. The van der Waals surface area contributed by atoms with Crippen LogP contribution in [0.5, 0.6) is 0 Å². The summed E-state index contributed by atoms with van der Waals surface area (Å²) in [4.78, 5) is 12.6. The van der Waals surface area contributed by atoms with E-state index in [9.17, 15) is 10.1 Å². The highest BCUT2D eigenvalue weighted by molar-refractivity contribution is 5.66. The monoisotopic (exact) mass is 284 g/mol. The van der Waals surface area contributed by atoms with Gasteiger partial charge in [-0.2, -0.15) is 0 Å². The molecule has 0 saturated heterocycles. The van der Waals surface area contributed by atoms with Crippen molar-refractivity contribution < 1.29 is 4.92 Å². The number of nitro benzene ring substituents is 1. The van der Waals surface area contributed by atoms with Gasteiger partial charge < -0.3 is 4.90 Å². The second kappa shape index (κ2) is 6.99. The van der Waals surface area contributed by atoms with Crippen molar-refractivity contribution in [2.75, 3.05) is 20.6 Å². The zero-order chi connectivity index (χ0) is 15.2. The molecule has 0 unspecified atom stereocenters. The molecular formula is C17H20N2O2. The van der Waals surface area contributed by atoms with Crippen molar-refractivity contribution in [3.8, 4) is 11.1 Å². The van der Waals surface area contributed by atoms with Gasteiger partial charge in [-0.05, 0) is 50.2 Å². The van der Waals surface area contributed by atoms with E-state index in [-0.39, 0.29) is 10.6 Å². The first-order valence-corrected chi connectivity index (χ1v) is 7.05. The van der Waals surface area contributed by atoms with E-state index in [1.807, 2.05) is 18.2 Å². The fraction of sp³-hybridized carbons (Fsp3) is 0.294. The predicted molar refractivity (Wildman–Crippen MR) is 85.4 cm³/mol. The Morgan fingerprint density at radius 2 is 1.76 bits per heavy atom. The maximum absolute atomic E-state index is 10.8. The summed E-state index contributed by atoms with van der Waals surface area (Å²) >= 11 is 0. The van der Waals surface area contributed by atoms with E-state index in [0.29, 0.717) is 0 Å². The van der Waals surface area contributed by atoms with Crippen LogP contribution in [0.1, 0.15) is 12.0 Å². The quantitative estimate of drug-likeness (QED) is 0.599. The largest absolute Gasteiger partial charge is 0.309 e. The standard InChI is InChI=1S/C17H20N2O2/c1-18(2)12-4-5-14-8-10-15(11-9-14)16-6-3-7-17(13-16)19(20)21/h3,6-11,13H,4-5,12H2,1-2H3. The molecule has 0 spiro atoms. The molecule has 2 rings (SSSR count). The lowest BCUT2D eigenvalue weighted by Gasteiger charge is -2.09. The van der Waals surface area contributed by atoms with E-state index < -0.39 is 0 Å². The van der Waals surface area contributed by atoms with E-state index in [2.05, 4.69) is 31.1 Å². The molecule has 4 heteroatoms. The zero-order valence-electron chi connectivity index (χ0n) is 12.5. The van der Waals surface area contributed by atoms with Crippen LogP contribution in [-0.2, 0) is 6.42 Å². The van der Waals surface area contributed by atoms with E-state index in [0.717, 1.165) is 30.5 Å². The summed E-state index contributed by atoms with van der Waals surface area (Å²) in [6.07, 6.45) is 2.18. The van der Waals surface area contributed by atoms with Gasteiger partial charge in [0.15, 0.2) is 0 Å². The summed E-state index contributed by atoms with van der Waals surface area (Å²) in [6.45, 7) is 1.08. The Morgan fingerprint density at radius 3 is 2.38 bits per heavy atom. The molecule has 0 aliphatic carbocycles. The van der Waals surface area contributed by atoms with Gasteiger partial charge in [-0.15, -0.1) is 0 Å². The lowest BCUT2D eigenvalue weighted by molar-refractivity contribution is -0.384. The first kappa shape index (κ1) is 15.2. The number of nitrogens with zero attached hydrogens (tertiary/aromatic N) is 2. The van der Waals surface area contributed by atoms with Crippen LogP contribution in [0.2, 0.25) is 0 Å². The van der Waals surface area contributed by atoms with Gasteiger partial charge in [0.25, 0.3) is 5.69 Å². The molecule has 2 aromatic rings. The Bertz CT molecular complexity index is 606. The number of aryl methyl sites for hydroxylation is 1. The normalized spacial score (nSPS) is 10.8. The SMILES string of the molecule is CN(C)CCCc1ccc(-c2cccc([N+](=O)[O-])c2)cc1. The molecule has 0 amide bonds. The van der Waals surface area contributed by atoms with Crippen LogP contribution in [0.4, 0.5) is 5.69 Å². The zero-order valence-corrected chi connectivity index (χ0v) is 12.5. The lowest BCUT2D eigenvalue weighted by Crippen LogP contribution is -2.13. The van der Waals surface area contributed by atoms with Crippen LogP contribution in [-0.4, -0.2) is 30.5 Å². The van der Waals surface area contributed by atoms with Crippen LogP contribution in [0.25, 0.3) is 11.1 Å². The van der Waals surface area contributed by atoms with Crippen LogP contribution in [0.15, 0.2) is 48.5 Å². The molecule has 4 nitrogen and oxygen atoms in total. The average Bonchev–Trinajstić information content (AvgIpc) is 2.48. The van der Waals surface area contributed by atoms with Gasteiger partial charge in [0, 0.05) is 12.1 Å². The summed E-state index contributed by atoms with van der Waals surface area (Å²) < 4.78 is 0. The van der Waals surface area contributed by atoms with Gasteiger partial charge in [-0.25, -0.2) is 0 Å². The molecule has 0 radical (unpaired) electrons. The van der Waals surface area contributed by atoms with Crippen molar-refractivity contribution in [2.24, 2.45) is 0 Å². The third kappa shape index (κ3) is 4.39. The molecule has 0 fully saturated rings. The molecule has 0 N–H and O–H groups in total. The first-order valence-electron chi connectivity index (χ1n) is 7.05. The highest BCUT2D eigenvalue weighted by Gasteiger charge is 2.07. The Hall–Kier alpha value is -2.20. The number of non-ortho nitro benzene ring substituents is 1. The van der Waals surface area contributed by atoms with E-state index >= 15 is 0 Å². The van der Waals surface area contributed by atoms with Crippen LogP contribution >= 0.6 is 0 Å². The molecular weight excluding hydrogens is 264 g/mol. The number of nitro groups is 1. The molecule has 2 aromatic carbocycles. The summed E-state index contributed by atoms with van der Waals surface area (Å²) in [5, 5.41) is 10.8. The van der Waals surface area contributed by atoms with E-state index in [1.54, 1.807) is 12.1 Å². The highest BCUT2D eigenvalue weighted by Crippen LogP contribution is 2.24. The Labute approximate surface area is 125 Å². The third-order valence-electron chi connectivity index (χ3n) is 3.42. The highest BCUT2D eigenvalue weighted by atomic mass is 16.6. The minimum Gasteiger partial charge on any atom is -0.309 e. The predicted octanol–water partition coefficient (Wildman–Crippen LogP) is 3.76. The second-order valence-corrected chi connectivity index (χ2v) is 5.41. The third-order valence-corrected chi connectivity index (χ3v) is 3.42. The van der Waals surface area contributed by atoms with Gasteiger partial charge in [-0.1, -0.05) is 36.4 Å². The molecule has 21 heavy (non-hydrogen) atoms. The van der Waals surface area contributed by atoms with Crippen molar-refractivity contribution in [1.29, 1.82) is 0 Å². The van der Waals surface area contributed by atoms with Crippen molar-refractivity contribution in [2.45, 2.75) is 12.8 Å². The van der Waals surface area contributed by atoms with Gasteiger partial charge in [-0.3, -0.25) is 10.1 Å². The topological polar surface area (TPSA) is 46.4 Å². The minimum atomic E-state index is -0.362. The van der Waals surface area contributed by atoms with Gasteiger partial charge in [0.05, 0.1) is 4.92 Å². The van der Waals surface area contributed by atoms with Gasteiger partial charge in [0.1, 0.15) is 0 Å². The van der Waals surface area contributed by atoms with Gasteiger partial charge in [0.2, 0.25) is 0 Å². The van der Waals surface area contributed by atoms with Gasteiger partial charge >= 0.3 is 0 Å². The summed E-state index contributed by atoms with van der Waals surface area (Å²) in [5.74, 6) is 0. The lowest BCUT2D eigenvalue weighted by atomic mass is 10.0. The molecule has 0 aromatic heterocycles. The van der Waals surface area contributed by atoms with E-state index in [4.69, 9.17) is 0 Å². The number of hydrogen-bond acceptors (Lipinski definition) is 3. The Morgan fingerprint density at radius 1 is 1.05 bits per heavy atom. The Balaban J connectivity index is 2.08. The van der Waals surface area contributed by atoms with E-state index in [1.165, 1.54) is 11.6 Å². The number of hydrogen-bond donors (Lipinski definition) is 0. The molecule has 110 valence electrons. The summed E-state index contributed by atoms with van der Waals surface area (Å²) in [6, 6.07) is 15.0. The van der Waals surface area contributed by atoms with Crippen LogP contribution in [0.3, 0.4) is 0 Å². The van der Waals surface area contributed by atoms with Crippen molar-refractivity contribution in [1.82, 2.24) is 4.90 Å². The molecule has 0 heterocycles. The average molecular weight is 284 g/mol. The van der Waals surface area contributed by atoms with Crippen molar-refractivity contribution >= 4 is 5.69 Å². The summed E-state index contributed by atoms with van der Waals surface area (Å²) in [7, 11) is 4.15. The fourth-order valence-electron chi connectivity index (χ4n) is 2.26. The maximum Gasteiger partial charge on any atom is 0.270 e. The van der Waals surface area contributed by atoms with Crippen molar-refractivity contribution in [3.63, 3.8) is 0 Å². The second-order valence-electron chi connectivity index (χ2n) is 5.41. The summed E-state index contributed by atoms with van der Waals surface area (Å²) in [5.41, 5.74) is 3.31. The molecule has 0 bridgehead atoms. The molecule has 0 saturated carbocycles.